The zero-order valence-electron chi connectivity index (χ0n) is 11.3. The second-order valence-corrected chi connectivity index (χ2v) is 4.67. The molecule has 3 heterocycles. The summed E-state index contributed by atoms with van der Waals surface area (Å²) in [5.74, 6) is 0.380. The molecule has 2 aromatic heterocycles. The molecule has 0 amide bonds. The van der Waals surface area contributed by atoms with E-state index in [-0.39, 0.29) is 0 Å². The number of nitrogens with zero attached hydrogens (tertiary/aromatic N) is 4. The SMILES string of the molecule is CCOc1cnc2c(cnn2[C@@H]2O[C@H](CO)[C@@H](O)[C@H]2O)n1. The van der Waals surface area contributed by atoms with Crippen LogP contribution in [-0.2, 0) is 4.74 Å². The van der Waals surface area contributed by atoms with Gasteiger partial charge in [-0.15, -0.1) is 0 Å². The summed E-state index contributed by atoms with van der Waals surface area (Å²) in [5.41, 5.74) is 0.881. The predicted octanol–water partition coefficient (Wildman–Crippen LogP) is -1.16. The van der Waals surface area contributed by atoms with E-state index in [1.54, 1.807) is 0 Å². The first-order chi connectivity index (χ1) is 10.2. The molecule has 1 aliphatic heterocycles. The molecule has 1 aliphatic rings. The molecule has 0 unspecified atom stereocenters. The molecule has 4 atom stereocenters. The van der Waals surface area contributed by atoms with E-state index in [0.29, 0.717) is 23.7 Å². The van der Waals surface area contributed by atoms with Crippen LogP contribution < -0.4 is 4.74 Å². The van der Waals surface area contributed by atoms with E-state index in [0.717, 1.165) is 0 Å². The zero-order chi connectivity index (χ0) is 15.0. The first-order valence-electron chi connectivity index (χ1n) is 6.61. The Labute approximate surface area is 119 Å². The fraction of sp³-hybridized carbons (Fsp3) is 0.583. The smallest absolute Gasteiger partial charge is 0.233 e. The lowest BCUT2D eigenvalue weighted by atomic mass is 10.1. The van der Waals surface area contributed by atoms with Gasteiger partial charge in [0.1, 0.15) is 23.8 Å². The molecule has 9 heteroatoms. The molecule has 0 spiro atoms. The van der Waals surface area contributed by atoms with Crippen molar-refractivity contribution in [2.45, 2.75) is 31.5 Å². The Morgan fingerprint density at radius 1 is 1.33 bits per heavy atom. The maximum Gasteiger partial charge on any atom is 0.233 e. The van der Waals surface area contributed by atoms with Gasteiger partial charge in [-0.05, 0) is 6.92 Å². The number of fused-ring (bicyclic) bond motifs is 1. The average Bonchev–Trinajstić information content (AvgIpc) is 3.02. The molecular weight excluding hydrogens is 280 g/mol. The van der Waals surface area contributed by atoms with E-state index < -0.39 is 31.1 Å². The number of aliphatic hydroxyl groups is 3. The summed E-state index contributed by atoms with van der Waals surface area (Å²) in [4.78, 5) is 8.42. The lowest BCUT2D eigenvalue weighted by molar-refractivity contribution is -0.0566. The van der Waals surface area contributed by atoms with Crippen molar-refractivity contribution in [1.29, 1.82) is 0 Å². The van der Waals surface area contributed by atoms with Crippen LogP contribution >= 0.6 is 0 Å². The van der Waals surface area contributed by atoms with Gasteiger partial charge in [-0.1, -0.05) is 0 Å². The molecule has 9 nitrogen and oxygen atoms in total. The fourth-order valence-corrected chi connectivity index (χ4v) is 2.30. The number of hydrogen-bond acceptors (Lipinski definition) is 8. The molecule has 0 bridgehead atoms. The van der Waals surface area contributed by atoms with Crippen LogP contribution in [0.15, 0.2) is 12.4 Å². The maximum absolute atomic E-state index is 10.0. The molecule has 1 saturated heterocycles. The van der Waals surface area contributed by atoms with E-state index in [9.17, 15) is 10.2 Å². The average molecular weight is 296 g/mol. The van der Waals surface area contributed by atoms with Crippen molar-refractivity contribution < 1.29 is 24.8 Å². The van der Waals surface area contributed by atoms with Crippen LogP contribution in [0.3, 0.4) is 0 Å². The third kappa shape index (κ3) is 2.33. The van der Waals surface area contributed by atoms with Crippen molar-refractivity contribution in [3.63, 3.8) is 0 Å². The summed E-state index contributed by atoms with van der Waals surface area (Å²) >= 11 is 0. The second-order valence-electron chi connectivity index (χ2n) is 4.67. The first-order valence-corrected chi connectivity index (χ1v) is 6.61. The van der Waals surface area contributed by atoms with Crippen molar-refractivity contribution >= 4 is 11.2 Å². The molecule has 21 heavy (non-hydrogen) atoms. The van der Waals surface area contributed by atoms with Crippen molar-refractivity contribution in [2.24, 2.45) is 0 Å². The highest BCUT2D eigenvalue weighted by molar-refractivity contribution is 5.69. The standard InChI is InChI=1S/C12H16N4O5/c1-2-20-8-4-13-11-6(15-8)3-14-16(11)12-10(19)9(18)7(5-17)21-12/h3-4,7,9-10,12,17-19H,2,5H2,1H3/t7-,9-,10-,12-/m1/s1. The Morgan fingerprint density at radius 2 is 2.14 bits per heavy atom. The minimum Gasteiger partial charge on any atom is -0.477 e. The van der Waals surface area contributed by atoms with Crippen molar-refractivity contribution in [2.75, 3.05) is 13.2 Å². The van der Waals surface area contributed by atoms with Crippen LogP contribution in [-0.4, -0.2) is 66.6 Å². The Hall–Kier alpha value is -1.81. The van der Waals surface area contributed by atoms with Gasteiger partial charge in [0.05, 0.1) is 25.6 Å². The minimum atomic E-state index is -1.21. The second kappa shape index (κ2) is 5.53. The van der Waals surface area contributed by atoms with Crippen LogP contribution in [0, 0.1) is 0 Å². The highest BCUT2D eigenvalue weighted by Crippen LogP contribution is 2.30. The fourth-order valence-electron chi connectivity index (χ4n) is 2.30. The third-order valence-corrected chi connectivity index (χ3v) is 3.33. The summed E-state index contributed by atoms with van der Waals surface area (Å²) in [6.07, 6.45) is -1.26. The van der Waals surface area contributed by atoms with Gasteiger partial charge in [0.25, 0.3) is 0 Å². The van der Waals surface area contributed by atoms with E-state index in [1.807, 2.05) is 6.92 Å². The number of ether oxygens (including phenoxy) is 2. The van der Waals surface area contributed by atoms with Crippen LogP contribution in [0.4, 0.5) is 0 Å². The number of aromatic nitrogens is 4. The van der Waals surface area contributed by atoms with Crippen LogP contribution in [0.1, 0.15) is 13.2 Å². The number of rotatable bonds is 4. The zero-order valence-corrected chi connectivity index (χ0v) is 11.3. The van der Waals surface area contributed by atoms with Crippen molar-refractivity contribution in [1.82, 2.24) is 19.7 Å². The van der Waals surface area contributed by atoms with E-state index in [1.165, 1.54) is 17.1 Å². The molecule has 1 fully saturated rings. The van der Waals surface area contributed by atoms with Crippen LogP contribution in [0.5, 0.6) is 5.88 Å². The van der Waals surface area contributed by atoms with Gasteiger partial charge in [0.2, 0.25) is 5.88 Å². The summed E-state index contributed by atoms with van der Waals surface area (Å²) < 4.78 is 12.0. The Kier molecular flexibility index (Phi) is 3.72. The van der Waals surface area contributed by atoms with E-state index >= 15 is 0 Å². The van der Waals surface area contributed by atoms with Gasteiger partial charge in [-0.2, -0.15) is 5.10 Å². The van der Waals surface area contributed by atoms with Gasteiger partial charge in [-0.3, -0.25) is 0 Å². The van der Waals surface area contributed by atoms with Gasteiger partial charge in [-0.25, -0.2) is 14.6 Å². The molecule has 2 aromatic rings. The topological polar surface area (TPSA) is 123 Å². The van der Waals surface area contributed by atoms with Gasteiger partial charge in [0.15, 0.2) is 11.9 Å². The monoisotopic (exact) mass is 296 g/mol. The molecular formula is C12H16N4O5. The summed E-state index contributed by atoms with van der Waals surface area (Å²) in [6, 6.07) is 0. The lowest BCUT2D eigenvalue weighted by Crippen LogP contribution is -2.33. The van der Waals surface area contributed by atoms with Crippen LogP contribution in [0.25, 0.3) is 11.2 Å². The van der Waals surface area contributed by atoms with Crippen LogP contribution in [0.2, 0.25) is 0 Å². The molecule has 0 aliphatic carbocycles. The quantitative estimate of drug-likeness (QED) is 0.645. The highest BCUT2D eigenvalue weighted by Gasteiger charge is 2.44. The first kappa shape index (κ1) is 14.1. The normalized spacial score (nSPS) is 29.1. The van der Waals surface area contributed by atoms with Gasteiger partial charge < -0.3 is 24.8 Å². The van der Waals surface area contributed by atoms with E-state index in [2.05, 4.69) is 15.1 Å². The Morgan fingerprint density at radius 3 is 2.81 bits per heavy atom. The molecule has 3 N–H and O–H groups in total. The molecule has 114 valence electrons. The van der Waals surface area contributed by atoms with Gasteiger partial charge in [0, 0.05) is 0 Å². The minimum absolute atomic E-state index is 0.380. The molecule has 0 saturated carbocycles. The van der Waals surface area contributed by atoms with Gasteiger partial charge >= 0.3 is 0 Å². The summed E-state index contributed by atoms with van der Waals surface area (Å²) in [6.45, 7) is 1.92. The van der Waals surface area contributed by atoms with Crippen molar-refractivity contribution in [3.8, 4) is 5.88 Å². The van der Waals surface area contributed by atoms with E-state index in [4.69, 9.17) is 14.6 Å². The summed E-state index contributed by atoms with van der Waals surface area (Å²) in [7, 11) is 0. The summed E-state index contributed by atoms with van der Waals surface area (Å²) in [5, 5.41) is 33.0. The molecule has 3 rings (SSSR count). The number of hydrogen-bond donors (Lipinski definition) is 3. The maximum atomic E-state index is 10.0. The van der Waals surface area contributed by atoms with Crippen molar-refractivity contribution in [3.05, 3.63) is 12.4 Å². The lowest BCUT2D eigenvalue weighted by Gasteiger charge is -2.15. The largest absolute Gasteiger partial charge is 0.477 e. The Balaban J connectivity index is 1.94. The highest BCUT2D eigenvalue weighted by atomic mass is 16.6. The Bertz CT molecular complexity index is 633. The molecule has 0 aromatic carbocycles. The predicted molar refractivity (Wildman–Crippen MR) is 69.5 cm³/mol. The number of aliphatic hydroxyl groups excluding tert-OH is 3. The molecule has 0 radical (unpaired) electrons. The third-order valence-electron chi connectivity index (χ3n) is 3.33.